The molecule has 0 amide bonds. The number of hydrogen-bond donors (Lipinski definition) is 1. The van der Waals surface area contributed by atoms with E-state index in [4.69, 9.17) is 4.74 Å². The van der Waals surface area contributed by atoms with E-state index in [0.29, 0.717) is 11.5 Å². The highest BCUT2D eigenvalue weighted by Gasteiger charge is 2.36. The Morgan fingerprint density at radius 1 is 1.35 bits per heavy atom. The minimum atomic E-state index is 0.340. The fourth-order valence-electron chi connectivity index (χ4n) is 3.34. The van der Waals surface area contributed by atoms with Gasteiger partial charge in [-0.25, -0.2) is 0 Å². The average Bonchev–Trinajstić information content (AvgIpc) is 3.22. The van der Waals surface area contributed by atoms with Crippen molar-refractivity contribution in [1.82, 2.24) is 10.2 Å². The summed E-state index contributed by atoms with van der Waals surface area (Å²) < 4.78 is 5.85. The molecule has 1 N–H and O–H groups in total. The van der Waals surface area contributed by atoms with E-state index in [1.165, 1.54) is 51.7 Å². The van der Waals surface area contributed by atoms with Crippen molar-refractivity contribution >= 4 is 0 Å². The first-order chi connectivity index (χ1) is 9.63. The van der Waals surface area contributed by atoms with Gasteiger partial charge in [-0.2, -0.15) is 0 Å². The molecular formula is C17H34N2O. The lowest BCUT2D eigenvalue weighted by Gasteiger charge is -2.41. The highest BCUT2D eigenvalue weighted by atomic mass is 16.5. The van der Waals surface area contributed by atoms with Gasteiger partial charge in [0.1, 0.15) is 0 Å². The Morgan fingerprint density at radius 2 is 2.15 bits per heavy atom. The van der Waals surface area contributed by atoms with E-state index >= 15 is 0 Å². The van der Waals surface area contributed by atoms with Gasteiger partial charge in [-0.3, -0.25) is 0 Å². The minimum Gasteiger partial charge on any atom is -0.381 e. The van der Waals surface area contributed by atoms with Gasteiger partial charge in [0.2, 0.25) is 0 Å². The first kappa shape index (κ1) is 16.3. The molecule has 0 aromatic rings. The number of ether oxygens (including phenoxy) is 1. The predicted octanol–water partition coefficient (Wildman–Crippen LogP) is 2.90. The Labute approximate surface area is 125 Å². The third-order valence-electron chi connectivity index (χ3n) is 4.60. The summed E-state index contributed by atoms with van der Waals surface area (Å²) in [5.74, 6) is 0.987. The summed E-state index contributed by atoms with van der Waals surface area (Å²) in [6, 6.07) is 0.567. The molecule has 0 aromatic carbocycles. The second kappa shape index (κ2) is 7.77. The highest BCUT2D eigenvalue weighted by Crippen LogP contribution is 2.33. The second-order valence-electron chi connectivity index (χ2n) is 7.37. The summed E-state index contributed by atoms with van der Waals surface area (Å²) in [6.07, 6.45) is 6.71. The van der Waals surface area contributed by atoms with Crippen molar-refractivity contribution in [2.24, 2.45) is 11.3 Å². The molecule has 118 valence electrons. The van der Waals surface area contributed by atoms with Crippen LogP contribution in [0.5, 0.6) is 0 Å². The van der Waals surface area contributed by atoms with E-state index in [2.05, 4.69) is 31.0 Å². The molecule has 1 aliphatic heterocycles. The second-order valence-corrected chi connectivity index (χ2v) is 7.37. The molecule has 3 nitrogen and oxygen atoms in total. The fraction of sp³-hybridized carbons (Fsp3) is 1.00. The monoisotopic (exact) mass is 282 g/mol. The van der Waals surface area contributed by atoms with Gasteiger partial charge in [0.05, 0.1) is 6.61 Å². The average molecular weight is 282 g/mol. The third kappa shape index (κ3) is 5.34. The highest BCUT2D eigenvalue weighted by molar-refractivity contribution is 4.89. The van der Waals surface area contributed by atoms with Crippen LogP contribution in [0.4, 0.5) is 0 Å². The molecule has 0 aromatic heterocycles. The molecule has 2 fully saturated rings. The van der Waals surface area contributed by atoms with Crippen LogP contribution in [-0.2, 0) is 4.74 Å². The molecule has 1 saturated heterocycles. The summed E-state index contributed by atoms with van der Waals surface area (Å²) in [7, 11) is 0. The van der Waals surface area contributed by atoms with Crippen molar-refractivity contribution in [2.45, 2.75) is 58.9 Å². The van der Waals surface area contributed by atoms with Crippen molar-refractivity contribution in [1.29, 1.82) is 0 Å². The van der Waals surface area contributed by atoms with E-state index < -0.39 is 0 Å². The first-order valence-electron chi connectivity index (χ1n) is 8.67. The molecule has 0 spiro atoms. The van der Waals surface area contributed by atoms with Crippen LogP contribution in [0.25, 0.3) is 0 Å². The molecule has 2 aliphatic rings. The summed E-state index contributed by atoms with van der Waals surface area (Å²) in [5, 5.41) is 3.67. The normalized spacial score (nSPS) is 27.4. The summed E-state index contributed by atoms with van der Waals surface area (Å²) in [6.45, 7) is 13.6. The molecule has 1 saturated carbocycles. The van der Waals surface area contributed by atoms with Crippen LogP contribution in [0, 0.1) is 11.3 Å². The Morgan fingerprint density at radius 3 is 2.70 bits per heavy atom. The van der Waals surface area contributed by atoms with Gasteiger partial charge in [0.25, 0.3) is 0 Å². The van der Waals surface area contributed by atoms with Crippen molar-refractivity contribution in [3.05, 3.63) is 0 Å². The topological polar surface area (TPSA) is 24.5 Å². The minimum absolute atomic E-state index is 0.340. The van der Waals surface area contributed by atoms with Gasteiger partial charge in [0, 0.05) is 37.7 Å². The van der Waals surface area contributed by atoms with Crippen molar-refractivity contribution in [2.75, 3.05) is 39.4 Å². The number of hydrogen-bond acceptors (Lipinski definition) is 3. The molecule has 0 radical (unpaired) electrons. The van der Waals surface area contributed by atoms with Gasteiger partial charge in [-0.1, -0.05) is 20.8 Å². The van der Waals surface area contributed by atoms with Crippen molar-refractivity contribution in [3.8, 4) is 0 Å². The quantitative estimate of drug-likeness (QED) is 0.704. The number of nitrogens with one attached hydrogen (secondary N) is 1. The number of nitrogens with zero attached hydrogens (tertiary/aromatic N) is 1. The zero-order valence-corrected chi connectivity index (χ0v) is 13.8. The van der Waals surface area contributed by atoms with Gasteiger partial charge < -0.3 is 15.0 Å². The molecule has 1 atom stereocenters. The summed E-state index contributed by atoms with van der Waals surface area (Å²) >= 11 is 0. The maximum absolute atomic E-state index is 5.85. The Balaban J connectivity index is 1.92. The molecule has 1 aliphatic carbocycles. The van der Waals surface area contributed by atoms with Crippen molar-refractivity contribution in [3.63, 3.8) is 0 Å². The van der Waals surface area contributed by atoms with Crippen LogP contribution in [0.15, 0.2) is 0 Å². The van der Waals surface area contributed by atoms with Gasteiger partial charge in [-0.05, 0) is 44.6 Å². The molecule has 1 heterocycles. The largest absolute Gasteiger partial charge is 0.381 e. The SMILES string of the molecule is CCCN(CC1CC1)CC1(CNC(C)C)CCCOC1. The van der Waals surface area contributed by atoms with E-state index in [9.17, 15) is 0 Å². The van der Waals surface area contributed by atoms with Crippen LogP contribution in [0.1, 0.15) is 52.9 Å². The lowest BCUT2D eigenvalue weighted by molar-refractivity contribution is -0.0277. The van der Waals surface area contributed by atoms with Gasteiger partial charge in [0.15, 0.2) is 0 Å². The van der Waals surface area contributed by atoms with E-state index in [-0.39, 0.29) is 0 Å². The van der Waals surface area contributed by atoms with E-state index in [1.54, 1.807) is 0 Å². The zero-order chi connectivity index (χ0) is 14.4. The van der Waals surface area contributed by atoms with Crippen LogP contribution < -0.4 is 5.32 Å². The maximum atomic E-state index is 5.85. The third-order valence-corrected chi connectivity index (χ3v) is 4.60. The van der Waals surface area contributed by atoms with Crippen LogP contribution >= 0.6 is 0 Å². The van der Waals surface area contributed by atoms with Gasteiger partial charge in [-0.15, -0.1) is 0 Å². The van der Waals surface area contributed by atoms with E-state index in [1.807, 2.05) is 0 Å². The van der Waals surface area contributed by atoms with Crippen LogP contribution in [0.3, 0.4) is 0 Å². The molecule has 1 unspecified atom stereocenters. The van der Waals surface area contributed by atoms with Crippen LogP contribution in [0.2, 0.25) is 0 Å². The Bertz CT molecular complexity index is 270. The maximum Gasteiger partial charge on any atom is 0.0546 e. The first-order valence-corrected chi connectivity index (χ1v) is 8.67. The lowest BCUT2D eigenvalue weighted by Crippen LogP contribution is -2.50. The lowest BCUT2D eigenvalue weighted by atomic mass is 9.81. The fourth-order valence-corrected chi connectivity index (χ4v) is 3.34. The zero-order valence-electron chi connectivity index (χ0n) is 13.8. The Kier molecular flexibility index (Phi) is 6.31. The smallest absolute Gasteiger partial charge is 0.0546 e. The molecule has 20 heavy (non-hydrogen) atoms. The molecule has 3 heteroatoms. The summed E-state index contributed by atoms with van der Waals surface area (Å²) in [5.41, 5.74) is 0.340. The molecule has 0 bridgehead atoms. The Hall–Kier alpha value is -0.120. The van der Waals surface area contributed by atoms with Crippen LogP contribution in [-0.4, -0.2) is 50.3 Å². The van der Waals surface area contributed by atoms with E-state index in [0.717, 1.165) is 25.7 Å². The number of rotatable bonds is 9. The standard InChI is InChI=1S/C17H34N2O/c1-4-9-19(11-16-6-7-16)13-17(12-18-15(2)3)8-5-10-20-14-17/h15-16,18H,4-14H2,1-3H3. The van der Waals surface area contributed by atoms with Gasteiger partial charge >= 0.3 is 0 Å². The van der Waals surface area contributed by atoms with Crippen molar-refractivity contribution < 1.29 is 4.74 Å². The molecule has 2 rings (SSSR count). The predicted molar refractivity (Wildman–Crippen MR) is 85.1 cm³/mol. The summed E-state index contributed by atoms with van der Waals surface area (Å²) in [4.78, 5) is 2.72. The molecular weight excluding hydrogens is 248 g/mol.